The minimum Gasteiger partial charge on any atom is -0.396 e. The molecule has 1 saturated heterocycles. The van der Waals surface area contributed by atoms with Gasteiger partial charge in [0.15, 0.2) is 0 Å². The molecule has 0 aromatic carbocycles. The molecule has 2 nitrogen and oxygen atoms in total. The molecule has 12 heavy (non-hydrogen) atoms. The van der Waals surface area contributed by atoms with E-state index < -0.39 is 0 Å². The first-order chi connectivity index (χ1) is 5.92. The van der Waals surface area contributed by atoms with Crippen molar-refractivity contribution in [2.75, 3.05) is 13.2 Å². The second-order valence-corrected chi connectivity index (χ2v) is 3.88. The number of aliphatic hydroxyl groups is 1. The number of nitrogens with one attached hydrogen (secondary N) is 1. The van der Waals surface area contributed by atoms with Gasteiger partial charge in [0.1, 0.15) is 0 Å². The summed E-state index contributed by atoms with van der Waals surface area (Å²) in [5, 5.41) is 12.7. The van der Waals surface area contributed by atoms with Crippen molar-refractivity contribution in [1.29, 1.82) is 0 Å². The Morgan fingerprint density at radius 2 is 2.42 bits per heavy atom. The number of piperidine rings is 1. The highest BCUT2D eigenvalue weighted by molar-refractivity contribution is 5.04. The average Bonchev–Trinajstić information content (AvgIpc) is 2.17. The number of aliphatic hydroxyl groups excluding tert-OH is 1. The largest absolute Gasteiger partial charge is 0.396 e. The van der Waals surface area contributed by atoms with E-state index in [2.05, 4.69) is 17.5 Å². The lowest BCUT2D eigenvalue weighted by molar-refractivity contribution is 0.146. The molecule has 3 unspecified atom stereocenters. The Bertz CT molecular complexity index is 179. The van der Waals surface area contributed by atoms with E-state index in [-0.39, 0.29) is 0 Å². The molecule has 1 aliphatic carbocycles. The van der Waals surface area contributed by atoms with E-state index in [1.807, 2.05) is 0 Å². The molecule has 0 amide bonds. The van der Waals surface area contributed by atoms with Gasteiger partial charge in [0, 0.05) is 18.6 Å². The predicted molar refractivity (Wildman–Crippen MR) is 48.8 cm³/mol. The third-order valence-corrected chi connectivity index (χ3v) is 3.17. The average molecular weight is 167 g/mol. The molecule has 0 radical (unpaired) electrons. The smallest absolute Gasteiger partial charge is 0.0497 e. The van der Waals surface area contributed by atoms with Crippen molar-refractivity contribution < 1.29 is 5.11 Å². The summed E-state index contributed by atoms with van der Waals surface area (Å²) in [7, 11) is 0. The van der Waals surface area contributed by atoms with Crippen LogP contribution in [0.3, 0.4) is 0 Å². The molecule has 2 N–H and O–H groups in total. The maximum Gasteiger partial charge on any atom is 0.0497 e. The van der Waals surface area contributed by atoms with Crippen molar-refractivity contribution in [3.05, 3.63) is 12.2 Å². The summed E-state index contributed by atoms with van der Waals surface area (Å²) in [6.07, 6.45) is 8.11. The van der Waals surface area contributed by atoms with Gasteiger partial charge in [-0.05, 0) is 31.7 Å². The number of fused-ring (bicyclic) bond motifs is 1. The van der Waals surface area contributed by atoms with Crippen molar-refractivity contribution in [3.63, 3.8) is 0 Å². The third kappa shape index (κ3) is 1.41. The second kappa shape index (κ2) is 3.58. The lowest BCUT2D eigenvalue weighted by Gasteiger charge is -2.38. The van der Waals surface area contributed by atoms with Crippen LogP contribution >= 0.6 is 0 Å². The van der Waals surface area contributed by atoms with Gasteiger partial charge in [0.2, 0.25) is 0 Å². The molecule has 1 aliphatic heterocycles. The molecule has 0 saturated carbocycles. The van der Waals surface area contributed by atoms with Crippen LogP contribution in [0, 0.1) is 11.8 Å². The molecule has 0 spiro atoms. The summed E-state index contributed by atoms with van der Waals surface area (Å²) in [6, 6.07) is 0.640. The fraction of sp³-hybridized carbons (Fsp3) is 0.800. The van der Waals surface area contributed by atoms with E-state index in [4.69, 9.17) is 5.11 Å². The monoisotopic (exact) mass is 167 g/mol. The molecule has 0 aromatic rings. The summed E-state index contributed by atoms with van der Waals surface area (Å²) in [4.78, 5) is 0. The van der Waals surface area contributed by atoms with Crippen LogP contribution in [0.5, 0.6) is 0 Å². The highest BCUT2D eigenvalue weighted by atomic mass is 16.3. The fourth-order valence-corrected chi connectivity index (χ4v) is 2.49. The van der Waals surface area contributed by atoms with Crippen LogP contribution < -0.4 is 5.32 Å². The Labute approximate surface area is 73.7 Å². The van der Waals surface area contributed by atoms with Crippen LogP contribution in [0.4, 0.5) is 0 Å². The molecule has 68 valence electrons. The van der Waals surface area contributed by atoms with Gasteiger partial charge in [-0.15, -0.1) is 0 Å². The number of rotatable bonds is 1. The molecule has 3 atom stereocenters. The van der Waals surface area contributed by atoms with Crippen LogP contribution in [-0.4, -0.2) is 24.3 Å². The zero-order valence-electron chi connectivity index (χ0n) is 7.37. The summed E-state index contributed by atoms with van der Waals surface area (Å²) >= 11 is 0. The topological polar surface area (TPSA) is 32.3 Å². The van der Waals surface area contributed by atoms with Crippen LogP contribution in [0.25, 0.3) is 0 Å². The fourth-order valence-electron chi connectivity index (χ4n) is 2.49. The SMILES string of the molecule is OCC1C=CCC2NCCCC12. The van der Waals surface area contributed by atoms with E-state index in [1.165, 1.54) is 12.8 Å². The standard InChI is InChI=1S/C10H17NO/c12-7-8-3-1-5-10-9(8)4-2-6-11-10/h1,3,8-12H,2,4-7H2. The first-order valence-corrected chi connectivity index (χ1v) is 4.92. The van der Waals surface area contributed by atoms with E-state index in [0.717, 1.165) is 13.0 Å². The Kier molecular flexibility index (Phi) is 2.47. The van der Waals surface area contributed by atoms with Crippen molar-refractivity contribution in [1.82, 2.24) is 5.32 Å². The first kappa shape index (κ1) is 8.27. The Morgan fingerprint density at radius 1 is 1.50 bits per heavy atom. The molecule has 0 bridgehead atoms. The maximum atomic E-state index is 9.15. The maximum absolute atomic E-state index is 9.15. The molecule has 2 rings (SSSR count). The van der Waals surface area contributed by atoms with Crippen molar-refractivity contribution in [2.24, 2.45) is 11.8 Å². The minimum atomic E-state index is 0.319. The highest BCUT2D eigenvalue weighted by Crippen LogP contribution is 2.31. The molecule has 2 heteroatoms. The Balaban J connectivity index is 2.07. The van der Waals surface area contributed by atoms with E-state index in [9.17, 15) is 0 Å². The van der Waals surface area contributed by atoms with Gasteiger partial charge in [-0.25, -0.2) is 0 Å². The normalized spacial score (nSPS) is 40.9. The number of hydrogen-bond donors (Lipinski definition) is 2. The summed E-state index contributed by atoms with van der Waals surface area (Å²) in [5.41, 5.74) is 0. The van der Waals surface area contributed by atoms with Gasteiger partial charge >= 0.3 is 0 Å². The van der Waals surface area contributed by atoms with Gasteiger partial charge in [-0.3, -0.25) is 0 Å². The molecule has 1 fully saturated rings. The van der Waals surface area contributed by atoms with Gasteiger partial charge in [0.25, 0.3) is 0 Å². The van der Waals surface area contributed by atoms with Crippen molar-refractivity contribution in [2.45, 2.75) is 25.3 Å². The zero-order valence-corrected chi connectivity index (χ0v) is 7.37. The van der Waals surface area contributed by atoms with Gasteiger partial charge in [-0.2, -0.15) is 0 Å². The van der Waals surface area contributed by atoms with E-state index in [1.54, 1.807) is 0 Å². The quantitative estimate of drug-likeness (QED) is 0.569. The summed E-state index contributed by atoms with van der Waals surface area (Å²) < 4.78 is 0. The van der Waals surface area contributed by atoms with Crippen molar-refractivity contribution in [3.8, 4) is 0 Å². The third-order valence-electron chi connectivity index (χ3n) is 3.17. The predicted octanol–water partition coefficient (Wildman–Crippen LogP) is 0.923. The molecule has 2 aliphatic rings. The molecule has 1 heterocycles. The summed E-state index contributed by atoms with van der Waals surface area (Å²) in [6.45, 7) is 1.48. The van der Waals surface area contributed by atoms with Crippen LogP contribution in [0.15, 0.2) is 12.2 Å². The molecule has 0 aromatic heterocycles. The van der Waals surface area contributed by atoms with Gasteiger partial charge in [0.05, 0.1) is 0 Å². The van der Waals surface area contributed by atoms with E-state index >= 15 is 0 Å². The van der Waals surface area contributed by atoms with Crippen LogP contribution in [-0.2, 0) is 0 Å². The van der Waals surface area contributed by atoms with Crippen LogP contribution in [0.1, 0.15) is 19.3 Å². The van der Waals surface area contributed by atoms with Crippen molar-refractivity contribution >= 4 is 0 Å². The Hall–Kier alpha value is -0.340. The highest BCUT2D eigenvalue weighted by Gasteiger charge is 2.31. The lowest BCUT2D eigenvalue weighted by Crippen LogP contribution is -2.46. The lowest BCUT2D eigenvalue weighted by atomic mass is 9.76. The molecular formula is C10H17NO. The van der Waals surface area contributed by atoms with Gasteiger partial charge in [-0.1, -0.05) is 12.2 Å². The molecular weight excluding hydrogens is 150 g/mol. The zero-order chi connectivity index (χ0) is 8.39. The second-order valence-electron chi connectivity index (χ2n) is 3.88. The van der Waals surface area contributed by atoms with Crippen LogP contribution in [0.2, 0.25) is 0 Å². The van der Waals surface area contributed by atoms with Gasteiger partial charge < -0.3 is 10.4 Å². The van der Waals surface area contributed by atoms with E-state index in [0.29, 0.717) is 24.5 Å². The summed E-state index contributed by atoms with van der Waals surface area (Å²) in [5.74, 6) is 1.10. The Morgan fingerprint density at radius 3 is 3.25 bits per heavy atom. The first-order valence-electron chi connectivity index (χ1n) is 4.92. The minimum absolute atomic E-state index is 0.319. The number of hydrogen-bond acceptors (Lipinski definition) is 2.